The van der Waals surface area contributed by atoms with E-state index in [1.165, 1.54) is 7.11 Å². The molecule has 1 unspecified atom stereocenters. The first kappa shape index (κ1) is 21.9. The van der Waals surface area contributed by atoms with Gasteiger partial charge in [-0.3, -0.25) is 0 Å². The molecule has 3 rings (SSSR count). The lowest BCUT2D eigenvalue weighted by molar-refractivity contribution is 0.0797. The van der Waals surface area contributed by atoms with Gasteiger partial charge in [0.2, 0.25) is 0 Å². The van der Waals surface area contributed by atoms with Gasteiger partial charge < -0.3 is 19.9 Å². The summed E-state index contributed by atoms with van der Waals surface area (Å²) in [6.07, 6.45) is 2.01. The molecule has 2 aromatic carbocycles. The number of benzene rings is 2. The largest absolute Gasteiger partial charge is 0.497 e. The summed E-state index contributed by atoms with van der Waals surface area (Å²) in [7, 11) is -2.39. The van der Waals surface area contributed by atoms with Crippen LogP contribution in [0.4, 0.5) is 0 Å². The Morgan fingerprint density at radius 2 is 1.97 bits per heavy atom. The van der Waals surface area contributed by atoms with Crippen molar-refractivity contribution in [3.63, 3.8) is 0 Å². The van der Waals surface area contributed by atoms with E-state index >= 15 is 0 Å². The fourth-order valence-electron chi connectivity index (χ4n) is 3.50. The SMILES string of the molecule is COc1cccc(C2C(C)(C)OC(N/C=C(/CCO)c3ccccc3)=NS2(=O)=O)c1. The molecular formula is C22H26N2O5S. The number of rotatable bonds is 6. The number of aliphatic hydroxyl groups is 1. The molecule has 0 saturated heterocycles. The molecule has 30 heavy (non-hydrogen) atoms. The van der Waals surface area contributed by atoms with Crippen molar-refractivity contribution >= 4 is 21.6 Å². The predicted octanol–water partition coefficient (Wildman–Crippen LogP) is 3.24. The van der Waals surface area contributed by atoms with Gasteiger partial charge in [0.1, 0.15) is 16.6 Å². The Hall–Kier alpha value is -2.84. The Morgan fingerprint density at radius 3 is 2.60 bits per heavy atom. The van der Waals surface area contributed by atoms with E-state index in [0.29, 0.717) is 17.7 Å². The molecule has 7 nitrogen and oxygen atoms in total. The van der Waals surface area contributed by atoms with Crippen molar-refractivity contribution in [2.45, 2.75) is 31.1 Å². The quantitative estimate of drug-likeness (QED) is 0.730. The van der Waals surface area contributed by atoms with Crippen molar-refractivity contribution < 1.29 is 23.0 Å². The van der Waals surface area contributed by atoms with Crippen LogP contribution >= 0.6 is 0 Å². The number of sulfonamides is 1. The van der Waals surface area contributed by atoms with Crippen LogP contribution in [-0.4, -0.2) is 38.9 Å². The van der Waals surface area contributed by atoms with E-state index in [0.717, 1.165) is 11.1 Å². The fraction of sp³-hybridized carbons (Fsp3) is 0.318. The van der Waals surface area contributed by atoms with Gasteiger partial charge in [-0.1, -0.05) is 42.5 Å². The van der Waals surface area contributed by atoms with E-state index in [2.05, 4.69) is 9.71 Å². The number of amidine groups is 1. The zero-order valence-corrected chi connectivity index (χ0v) is 18.0. The standard InChI is InChI=1S/C22H26N2O5S/c1-22(2)20(17-10-7-11-19(14-17)28-3)30(26,27)24-21(29-22)23-15-18(12-13-25)16-8-5-4-6-9-16/h4-11,14-15,20,25H,12-13H2,1-3H3,(H,23,24)/b18-15-. The van der Waals surface area contributed by atoms with E-state index in [9.17, 15) is 13.5 Å². The maximum atomic E-state index is 13.0. The van der Waals surface area contributed by atoms with Crippen molar-refractivity contribution in [3.8, 4) is 5.75 Å². The first-order valence-corrected chi connectivity index (χ1v) is 11.1. The highest BCUT2D eigenvalue weighted by atomic mass is 32.2. The smallest absolute Gasteiger partial charge is 0.305 e. The molecule has 1 aliphatic rings. The molecule has 0 bridgehead atoms. The number of hydrogen-bond acceptors (Lipinski definition) is 6. The second-order valence-electron chi connectivity index (χ2n) is 7.43. The highest BCUT2D eigenvalue weighted by Crippen LogP contribution is 2.40. The van der Waals surface area contributed by atoms with Crippen LogP contribution < -0.4 is 10.1 Å². The van der Waals surface area contributed by atoms with Crippen LogP contribution in [0.3, 0.4) is 0 Å². The minimum atomic E-state index is -3.92. The molecule has 0 amide bonds. The van der Waals surface area contributed by atoms with Gasteiger partial charge in [0.25, 0.3) is 10.0 Å². The first-order valence-electron chi connectivity index (χ1n) is 9.55. The molecule has 0 spiro atoms. The van der Waals surface area contributed by atoms with Crippen LogP contribution in [0.5, 0.6) is 5.75 Å². The van der Waals surface area contributed by atoms with Crippen LogP contribution in [0.1, 0.15) is 36.6 Å². The van der Waals surface area contributed by atoms with Crippen LogP contribution in [0.15, 0.2) is 65.2 Å². The van der Waals surface area contributed by atoms with Gasteiger partial charge in [0.05, 0.1) is 7.11 Å². The molecule has 0 radical (unpaired) electrons. The fourth-order valence-corrected chi connectivity index (χ4v) is 5.19. The Labute approximate surface area is 177 Å². The predicted molar refractivity (Wildman–Crippen MR) is 117 cm³/mol. The molecule has 2 N–H and O–H groups in total. The molecule has 160 valence electrons. The minimum Gasteiger partial charge on any atom is -0.497 e. The lowest BCUT2D eigenvalue weighted by atomic mass is 9.97. The Morgan fingerprint density at radius 1 is 1.23 bits per heavy atom. The topological polar surface area (TPSA) is 97.2 Å². The van der Waals surface area contributed by atoms with Crippen LogP contribution in [0.2, 0.25) is 0 Å². The van der Waals surface area contributed by atoms with Gasteiger partial charge in [0, 0.05) is 12.8 Å². The summed E-state index contributed by atoms with van der Waals surface area (Å²) in [5.74, 6) is 0.561. The Bertz CT molecular complexity index is 1050. The number of ether oxygens (including phenoxy) is 2. The minimum absolute atomic E-state index is 0.0442. The van der Waals surface area contributed by atoms with Gasteiger partial charge in [-0.15, -0.1) is 4.40 Å². The highest BCUT2D eigenvalue weighted by Gasteiger charge is 2.47. The van der Waals surface area contributed by atoms with Crippen molar-refractivity contribution in [3.05, 3.63) is 71.9 Å². The Kier molecular flexibility index (Phi) is 6.48. The number of aliphatic hydroxyl groups excluding tert-OH is 1. The van der Waals surface area contributed by atoms with E-state index in [1.807, 2.05) is 30.3 Å². The van der Waals surface area contributed by atoms with Crippen molar-refractivity contribution in [1.29, 1.82) is 0 Å². The molecule has 8 heteroatoms. The summed E-state index contributed by atoms with van der Waals surface area (Å²) in [6.45, 7) is 3.37. The number of nitrogens with zero attached hydrogens (tertiary/aromatic N) is 1. The molecule has 0 aliphatic carbocycles. The van der Waals surface area contributed by atoms with Gasteiger partial charge in [-0.05, 0) is 49.1 Å². The third-order valence-electron chi connectivity index (χ3n) is 4.79. The third kappa shape index (κ3) is 4.83. The summed E-state index contributed by atoms with van der Waals surface area (Å²) in [6, 6.07) is 16.3. The summed E-state index contributed by atoms with van der Waals surface area (Å²) in [4.78, 5) is 0. The number of hydrogen-bond donors (Lipinski definition) is 2. The van der Waals surface area contributed by atoms with Gasteiger partial charge in [-0.25, -0.2) is 8.42 Å². The van der Waals surface area contributed by atoms with Crippen LogP contribution in [-0.2, 0) is 14.8 Å². The number of nitrogens with one attached hydrogen (secondary N) is 1. The maximum Gasteiger partial charge on any atom is 0.305 e. The van der Waals surface area contributed by atoms with E-state index in [1.54, 1.807) is 44.3 Å². The van der Waals surface area contributed by atoms with E-state index in [-0.39, 0.29) is 12.6 Å². The van der Waals surface area contributed by atoms with Gasteiger partial charge >= 0.3 is 6.02 Å². The zero-order valence-electron chi connectivity index (χ0n) is 17.2. The summed E-state index contributed by atoms with van der Waals surface area (Å²) >= 11 is 0. The molecular weight excluding hydrogens is 404 g/mol. The van der Waals surface area contributed by atoms with Crippen molar-refractivity contribution in [1.82, 2.24) is 5.32 Å². The summed E-state index contributed by atoms with van der Waals surface area (Å²) in [5, 5.41) is 11.2. The molecule has 0 fully saturated rings. The Balaban J connectivity index is 1.92. The normalized spacial score (nSPS) is 20.1. The van der Waals surface area contributed by atoms with Crippen molar-refractivity contribution in [2.75, 3.05) is 13.7 Å². The zero-order chi connectivity index (χ0) is 21.8. The second-order valence-corrected chi connectivity index (χ2v) is 9.11. The second kappa shape index (κ2) is 8.89. The van der Waals surface area contributed by atoms with Crippen LogP contribution in [0.25, 0.3) is 5.57 Å². The highest BCUT2D eigenvalue weighted by molar-refractivity contribution is 7.90. The van der Waals surface area contributed by atoms with E-state index in [4.69, 9.17) is 9.47 Å². The lowest BCUT2D eigenvalue weighted by Gasteiger charge is -2.37. The molecule has 1 aliphatic heterocycles. The van der Waals surface area contributed by atoms with Crippen LogP contribution in [0, 0.1) is 0 Å². The van der Waals surface area contributed by atoms with Gasteiger partial charge in [-0.2, -0.15) is 0 Å². The first-order chi connectivity index (χ1) is 14.3. The van der Waals surface area contributed by atoms with E-state index < -0.39 is 20.9 Å². The third-order valence-corrected chi connectivity index (χ3v) is 6.65. The summed E-state index contributed by atoms with van der Waals surface area (Å²) in [5.41, 5.74) is 1.18. The molecule has 1 heterocycles. The van der Waals surface area contributed by atoms with Gasteiger partial charge in [0.15, 0.2) is 0 Å². The molecule has 0 saturated carbocycles. The molecule has 1 atom stereocenters. The molecule has 0 aromatic heterocycles. The average molecular weight is 431 g/mol. The monoisotopic (exact) mass is 430 g/mol. The maximum absolute atomic E-state index is 13.0. The number of methoxy groups -OCH3 is 1. The lowest BCUT2D eigenvalue weighted by Crippen LogP contribution is -2.46. The average Bonchev–Trinajstić information content (AvgIpc) is 2.70. The summed E-state index contributed by atoms with van der Waals surface area (Å²) < 4.78 is 41.1. The molecule has 2 aromatic rings. The van der Waals surface area contributed by atoms with Crippen molar-refractivity contribution in [2.24, 2.45) is 4.40 Å².